The van der Waals surface area contributed by atoms with Crippen LogP contribution >= 0.6 is 0 Å². The molecule has 0 aliphatic carbocycles. The minimum absolute atomic E-state index is 0.758. The Hall–Kier alpha value is -1.58. The summed E-state index contributed by atoms with van der Waals surface area (Å²) in [7, 11) is 1.88. The van der Waals surface area contributed by atoms with Gasteiger partial charge in [0.2, 0.25) is 0 Å². The molecular formula is C9H12N4. The summed E-state index contributed by atoms with van der Waals surface area (Å²) in [5.41, 5.74) is 9.35. The summed E-state index contributed by atoms with van der Waals surface area (Å²) in [6.07, 6.45) is 0. The van der Waals surface area contributed by atoms with Crippen molar-refractivity contribution in [1.29, 1.82) is 0 Å². The lowest BCUT2D eigenvalue weighted by Crippen LogP contribution is -1.95. The van der Waals surface area contributed by atoms with Gasteiger partial charge in [0, 0.05) is 18.4 Å². The third-order valence-corrected chi connectivity index (χ3v) is 2.13. The first kappa shape index (κ1) is 8.04. The van der Waals surface area contributed by atoms with E-state index in [0.717, 1.165) is 28.1 Å². The molecule has 0 aliphatic heterocycles. The van der Waals surface area contributed by atoms with Crippen LogP contribution in [0.25, 0.3) is 11.0 Å². The first-order valence-electron chi connectivity index (χ1n) is 4.16. The molecule has 2 aromatic heterocycles. The Morgan fingerprint density at radius 3 is 2.77 bits per heavy atom. The lowest BCUT2D eigenvalue weighted by Gasteiger charge is -1.99. The number of aromatic nitrogens is 3. The molecule has 0 unspecified atom stereocenters. The molecule has 0 fully saturated rings. The van der Waals surface area contributed by atoms with Crippen LogP contribution in [0, 0.1) is 13.8 Å². The van der Waals surface area contributed by atoms with Crippen LogP contribution in [0.2, 0.25) is 0 Å². The summed E-state index contributed by atoms with van der Waals surface area (Å²) < 4.78 is 1.76. The normalized spacial score (nSPS) is 11.0. The molecule has 2 aromatic rings. The van der Waals surface area contributed by atoms with Gasteiger partial charge in [-0.25, -0.2) is 4.98 Å². The first-order valence-corrected chi connectivity index (χ1v) is 4.16. The van der Waals surface area contributed by atoms with E-state index in [4.69, 9.17) is 5.73 Å². The van der Waals surface area contributed by atoms with Crippen molar-refractivity contribution in [1.82, 2.24) is 14.8 Å². The number of fused-ring (bicyclic) bond motifs is 1. The van der Waals surface area contributed by atoms with Crippen molar-refractivity contribution in [3.63, 3.8) is 0 Å². The Kier molecular flexibility index (Phi) is 1.52. The first-order chi connectivity index (χ1) is 6.09. The van der Waals surface area contributed by atoms with Gasteiger partial charge in [0.05, 0.1) is 11.1 Å². The number of aryl methyl sites for hydroxylation is 3. The Morgan fingerprint density at radius 2 is 2.08 bits per heavy atom. The second-order valence-electron chi connectivity index (χ2n) is 3.26. The molecule has 4 nitrogen and oxygen atoms in total. The molecule has 0 amide bonds. The van der Waals surface area contributed by atoms with Crippen LogP contribution in [0.1, 0.15) is 11.4 Å². The number of nitrogens with zero attached hydrogens (tertiary/aromatic N) is 3. The molecule has 0 aromatic carbocycles. The number of hydrogen-bond donors (Lipinski definition) is 1. The van der Waals surface area contributed by atoms with Crippen LogP contribution < -0.4 is 5.73 Å². The fourth-order valence-corrected chi connectivity index (χ4v) is 1.61. The predicted molar refractivity (Wildman–Crippen MR) is 52.4 cm³/mol. The van der Waals surface area contributed by atoms with Crippen LogP contribution in [0.4, 0.5) is 5.69 Å². The Labute approximate surface area is 76.4 Å². The van der Waals surface area contributed by atoms with E-state index in [-0.39, 0.29) is 0 Å². The summed E-state index contributed by atoms with van der Waals surface area (Å²) >= 11 is 0. The summed E-state index contributed by atoms with van der Waals surface area (Å²) in [4.78, 5) is 4.38. The number of rotatable bonds is 0. The van der Waals surface area contributed by atoms with Crippen LogP contribution in [-0.2, 0) is 7.05 Å². The molecule has 4 heteroatoms. The molecular weight excluding hydrogens is 164 g/mol. The summed E-state index contributed by atoms with van der Waals surface area (Å²) in [6.45, 7) is 3.87. The molecule has 13 heavy (non-hydrogen) atoms. The third kappa shape index (κ3) is 1.06. The van der Waals surface area contributed by atoms with Crippen molar-refractivity contribution in [2.75, 3.05) is 5.73 Å². The fourth-order valence-electron chi connectivity index (χ4n) is 1.61. The highest BCUT2D eigenvalue weighted by Crippen LogP contribution is 2.22. The van der Waals surface area contributed by atoms with Crippen LogP contribution in [0.15, 0.2) is 6.07 Å². The summed E-state index contributed by atoms with van der Waals surface area (Å²) in [5.74, 6) is 0. The lowest BCUT2D eigenvalue weighted by atomic mass is 10.2. The molecule has 0 aliphatic rings. The van der Waals surface area contributed by atoms with Gasteiger partial charge in [-0.3, -0.25) is 4.68 Å². The molecule has 2 rings (SSSR count). The Balaban J connectivity index is 2.97. The highest BCUT2D eigenvalue weighted by molar-refractivity contribution is 5.90. The van der Waals surface area contributed by atoms with E-state index in [9.17, 15) is 0 Å². The van der Waals surface area contributed by atoms with E-state index in [0.29, 0.717) is 0 Å². The average molecular weight is 176 g/mol. The van der Waals surface area contributed by atoms with Crippen molar-refractivity contribution in [2.45, 2.75) is 13.8 Å². The van der Waals surface area contributed by atoms with E-state index in [2.05, 4.69) is 10.1 Å². The minimum Gasteiger partial charge on any atom is -0.398 e. The Morgan fingerprint density at radius 1 is 1.38 bits per heavy atom. The van der Waals surface area contributed by atoms with E-state index < -0.39 is 0 Å². The van der Waals surface area contributed by atoms with Crippen LogP contribution in [0.5, 0.6) is 0 Å². The van der Waals surface area contributed by atoms with Gasteiger partial charge >= 0.3 is 0 Å². The number of pyridine rings is 1. The zero-order valence-electron chi connectivity index (χ0n) is 8.00. The predicted octanol–water partition coefficient (Wildman–Crippen LogP) is 1.17. The maximum absolute atomic E-state index is 5.88. The minimum atomic E-state index is 0.758. The quantitative estimate of drug-likeness (QED) is 0.655. The van der Waals surface area contributed by atoms with E-state index in [1.807, 2.05) is 27.0 Å². The topological polar surface area (TPSA) is 56.7 Å². The maximum Gasteiger partial charge on any atom is 0.160 e. The van der Waals surface area contributed by atoms with Crippen molar-refractivity contribution >= 4 is 16.7 Å². The van der Waals surface area contributed by atoms with Gasteiger partial charge in [0.15, 0.2) is 5.65 Å². The zero-order chi connectivity index (χ0) is 9.59. The van der Waals surface area contributed by atoms with Crippen LogP contribution in [-0.4, -0.2) is 14.8 Å². The van der Waals surface area contributed by atoms with Crippen molar-refractivity contribution < 1.29 is 0 Å². The highest BCUT2D eigenvalue weighted by atomic mass is 15.3. The monoisotopic (exact) mass is 176 g/mol. The lowest BCUT2D eigenvalue weighted by molar-refractivity contribution is 0.772. The van der Waals surface area contributed by atoms with Gasteiger partial charge < -0.3 is 5.73 Å². The highest BCUT2D eigenvalue weighted by Gasteiger charge is 2.09. The molecule has 2 heterocycles. The van der Waals surface area contributed by atoms with Gasteiger partial charge in [-0.15, -0.1) is 0 Å². The fraction of sp³-hybridized carbons (Fsp3) is 0.333. The number of hydrogen-bond acceptors (Lipinski definition) is 3. The molecule has 0 saturated heterocycles. The molecule has 0 saturated carbocycles. The van der Waals surface area contributed by atoms with Crippen molar-refractivity contribution in [3.05, 3.63) is 17.5 Å². The molecule has 0 atom stereocenters. The Bertz CT molecular complexity index is 470. The largest absolute Gasteiger partial charge is 0.398 e. The second kappa shape index (κ2) is 2.45. The standard InChI is InChI=1S/C9H12N4/c1-5-4-7(10)8-6(2)12-13(3)9(8)11-5/h4H,1-3H3,(H2,10,11). The molecule has 0 bridgehead atoms. The van der Waals surface area contributed by atoms with Crippen molar-refractivity contribution in [2.24, 2.45) is 7.05 Å². The molecule has 68 valence electrons. The number of nitrogen functional groups attached to an aromatic ring is 1. The number of nitrogens with two attached hydrogens (primary N) is 1. The molecule has 2 N–H and O–H groups in total. The van der Waals surface area contributed by atoms with Gasteiger partial charge in [0.25, 0.3) is 0 Å². The van der Waals surface area contributed by atoms with Crippen molar-refractivity contribution in [3.8, 4) is 0 Å². The van der Waals surface area contributed by atoms with E-state index >= 15 is 0 Å². The summed E-state index contributed by atoms with van der Waals surface area (Å²) in [5, 5.41) is 5.23. The average Bonchev–Trinajstić information content (AvgIpc) is 2.27. The van der Waals surface area contributed by atoms with E-state index in [1.165, 1.54) is 0 Å². The van der Waals surface area contributed by atoms with Crippen LogP contribution in [0.3, 0.4) is 0 Å². The number of anilines is 1. The van der Waals surface area contributed by atoms with Gasteiger partial charge in [0.1, 0.15) is 0 Å². The molecule has 0 spiro atoms. The molecule has 0 radical (unpaired) electrons. The summed E-state index contributed by atoms with van der Waals surface area (Å²) in [6, 6.07) is 1.87. The maximum atomic E-state index is 5.88. The van der Waals surface area contributed by atoms with E-state index in [1.54, 1.807) is 4.68 Å². The van der Waals surface area contributed by atoms with Gasteiger partial charge in [-0.1, -0.05) is 0 Å². The smallest absolute Gasteiger partial charge is 0.160 e. The van der Waals surface area contributed by atoms with Gasteiger partial charge in [-0.05, 0) is 19.9 Å². The third-order valence-electron chi connectivity index (χ3n) is 2.13. The van der Waals surface area contributed by atoms with Gasteiger partial charge in [-0.2, -0.15) is 5.10 Å². The SMILES string of the molecule is Cc1cc(N)c2c(C)nn(C)c2n1. The second-order valence-corrected chi connectivity index (χ2v) is 3.26. The zero-order valence-corrected chi connectivity index (χ0v) is 8.00.